The van der Waals surface area contributed by atoms with E-state index in [9.17, 15) is 14.4 Å². The van der Waals surface area contributed by atoms with Gasteiger partial charge < -0.3 is 19.5 Å². The van der Waals surface area contributed by atoms with Crippen LogP contribution in [-0.2, 0) is 30.3 Å². The zero-order valence-electron chi connectivity index (χ0n) is 15.2. The van der Waals surface area contributed by atoms with Crippen LogP contribution >= 0.6 is 11.6 Å². The predicted molar refractivity (Wildman–Crippen MR) is 102 cm³/mol. The van der Waals surface area contributed by atoms with Crippen molar-refractivity contribution < 1.29 is 28.6 Å². The second-order valence-corrected chi connectivity index (χ2v) is 6.18. The average Bonchev–Trinajstić information content (AvgIpc) is 2.70. The highest BCUT2D eigenvalue weighted by molar-refractivity contribution is 6.30. The zero-order valence-corrected chi connectivity index (χ0v) is 16.0. The molecule has 0 spiro atoms. The first-order chi connectivity index (χ1) is 13.5. The summed E-state index contributed by atoms with van der Waals surface area (Å²) in [6, 6.07) is 14.8. The maximum Gasteiger partial charge on any atom is 0.344 e. The molecule has 28 heavy (non-hydrogen) atoms. The molecule has 1 amide bonds. The fourth-order valence-electron chi connectivity index (χ4n) is 2.31. The molecule has 2 rings (SSSR count). The Morgan fingerprint density at radius 2 is 1.79 bits per heavy atom. The van der Waals surface area contributed by atoms with E-state index in [2.05, 4.69) is 5.32 Å². The molecule has 2 aromatic rings. The minimum atomic E-state index is -0.888. The number of methoxy groups -OCH3 is 1. The molecule has 0 saturated carbocycles. The summed E-state index contributed by atoms with van der Waals surface area (Å²) in [6.45, 7) is -0.919. The van der Waals surface area contributed by atoms with Crippen molar-refractivity contribution in [2.45, 2.75) is 12.5 Å². The van der Waals surface area contributed by atoms with Crippen LogP contribution in [0, 0.1) is 0 Å². The van der Waals surface area contributed by atoms with Crippen LogP contribution in [0.4, 0.5) is 0 Å². The first-order valence-corrected chi connectivity index (χ1v) is 8.81. The molecule has 0 unspecified atom stereocenters. The fourth-order valence-corrected chi connectivity index (χ4v) is 2.49. The molecule has 0 aliphatic heterocycles. The van der Waals surface area contributed by atoms with E-state index in [4.69, 9.17) is 25.8 Å². The lowest BCUT2D eigenvalue weighted by atomic mass is 10.1. The van der Waals surface area contributed by atoms with E-state index < -0.39 is 30.5 Å². The molecule has 1 atom stereocenters. The molecule has 0 saturated heterocycles. The minimum absolute atomic E-state index is 0.255. The van der Waals surface area contributed by atoms with Gasteiger partial charge in [-0.05, 0) is 23.8 Å². The van der Waals surface area contributed by atoms with Crippen molar-refractivity contribution in [3.05, 3.63) is 65.2 Å². The van der Waals surface area contributed by atoms with E-state index in [-0.39, 0.29) is 13.0 Å². The van der Waals surface area contributed by atoms with Gasteiger partial charge in [-0.1, -0.05) is 48.0 Å². The third kappa shape index (κ3) is 7.28. The lowest BCUT2D eigenvalue weighted by Crippen LogP contribution is -2.44. The second kappa shape index (κ2) is 10.9. The molecule has 1 N–H and O–H groups in total. The maximum atomic E-state index is 12.0. The van der Waals surface area contributed by atoms with E-state index in [0.29, 0.717) is 10.8 Å². The third-order valence-electron chi connectivity index (χ3n) is 3.62. The Balaban J connectivity index is 1.79. The average molecular weight is 406 g/mol. The molecule has 0 bridgehead atoms. The van der Waals surface area contributed by atoms with Gasteiger partial charge in [0, 0.05) is 11.4 Å². The van der Waals surface area contributed by atoms with Gasteiger partial charge in [0.25, 0.3) is 5.91 Å². The molecule has 0 aliphatic carbocycles. The van der Waals surface area contributed by atoms with E-state index in [0.717, 1.165) is 5.56 Å². The number of carbonyl (C=O) groups is 3. The first-order valence-electron chi connectivity index (χ1n) is 8.43. The van der Waals surface area contributed by atoms with Gasteiger partial charge in [0.05, 0.1) is 7.11 Å². The van der Waals surface area contributed by atoms with Gasteiger partial charge in [0.2, 0.25) is 0 Å². The van der Waals surface area contributed by atoms with Crippen LogP contribution in [0.2, 0.25) is 5.02 Å². The Kier molecular flexibility index (Phi) is 8.30. The molecule has 148 valence electrons. The summed E-state index contributed by atoms with van der Waals surface area (Å²) in [5.74, 6) is -1.54. The number of rotatable bonds is 9. The van der Waals surface area contributed by atoms with Crippen LogP contribution in [0.15, 0.2) is 54.6 Å². The highest BCUT2D eigenvalue weighted by Gasteiger charge is 2.22. The summed E-state index contributed by atoms with van der Waals surface area (Å²) in [5.41, 5.74) is 0.852. The van der Waals surface area contributed by atoms with Crippen molar-refractivity contribution in [2.24, 2.45) is 0 Å². The molecule has 0 aliphatic rings. The van der Waals surface area contributed by atoms with Gasteiger partial charge in [-0.15, -0.1) is 0 Å². The summed E-state index contributed by atoms with van der Waals surface area (Å²) in [4.78, 5) is 35.7. The standard InChI is InChI=1S/C20H20ClNO6/c1-26-20(25)17(10-14-6-3-2-4-7-14)22-18(23)12-28-19(24)13-27-16-9-5-8-15(21)11-16/h2-9,11,17H,10,12-13H2,1H3,(H,22,23)/t17-/m1/s1. The Bertz CT molecular complexity index is 811. The van der Waals surface area contributed by atoms with Crippen LogP contribution in [0.3, 0.4) is 0 Å². The quantitative estimate of drug-likeness (QED) is 0.643. The van der Waals surface area contributed by atoms with Crippen molar-refractivity contribution in [3.63, 3.8) is 0 Å². The summed E-state index contributed by atoms with van der Waals surface area (Å²) >= 11 is 5.82. The largest absolute Gasteiger partial charge is 0.482 e. The van der Waals surface area contributed by atoms with Crippen molar-refractivity contribution in [2.75, 3.05) is 20.3 Å². The predicted octanol–water partition coefficient (Wildman–Crippen LogP) is 2.16. The molecule has 0 radical (unpaired) electrons. The number of esters is 2. The molecule has 0 heterocycles. The normalized spacial score (nSPS) is 11.2. The van der Waals surface area contributed by atoms with Crippen molar-refractivity contribution in [1.82, 2.24) is 5.32 Å². The Morgan fingerprint density at radius 1 is 1.04 bits per heavy atom. The smallest absolute Gasteiger partial charge is 0.344 e. The Hall–Kier alpha value is -3.06. The van der Waals surface area contributed by atoms with Gasteiger partial charge >= 0.3 is 11.9 Å². The van der Waals surface area contributed by atoms with E-state index in [1.54, 1.807) is 24.3 Å². The highest BCUT2D eigenvalue weighted by atomic mass is 35.5. The number of halogens is 1. The number of benzene rings is 2. The summed E-state index contributed by atoms with van der Waals surface area (Å²) in [7, 11) is 1.24. The molecular formula is C20H20ClNO6. The molecule has 0 fully saturated rings. The number of nitrogens with one attached hydrogen (secondary N) is 1. The summed E-state index contributed by atoms with van der Waals surface area (Å²) in [5, 5.41) is 2.97. The monoisotopic (exact) mass is 405 g/mol. The van der Waals surface area contributed by atoms with Gasteiger partial charge in [-0.3, -0.25) is 4.79 Å². The van der Waals surface area contributed by atoms with E-state index in [1.807, 2.05) is 30.3 Å². The van der Waals surface area contributed by atoms with Crippen LogP contribution in [0.25, 0.3) is 0 Å². The molecule has 7 nitrogen and oxygen atoms in total. The first kappa shape index (κ1) is 21.2. The fraction of sp³-hybridized carbons (Fsp3) is 0.250. The Morgan fingerprint density at radius 3 is 2.46 bits per heavy atom. The van der Waals surface area contributed by atoms with Gasteiger partial charge in [0.1, 0.15) is 11.8 Å². The third-order valence-corrected chi connectivity index (χ3v) is 3.86. The second-order valence-electron chi connectivity index (χ2n) is 5.74. The minimum Gasteiger partial charge on any atom is -0.482 e. The van der Waals surface area contributed by atoms with Crippen LogP contribution in [0.1, 0.15) is 5.56 Å². The molecule has 0 aromatic heterocycles. The highest BCUT2D eigenvalue weighted by Crippen LogP contribution is 2.16. The molecule has 8 heteroatoms. The Labute approximate surface area is 167 Å². The van der Waals surface area contributed by atoms with Crippen molar-refractivity contribution >= 4 is 29.4 Å². The number of ether oxygens (including phenoxy) is 3. The van der Waals surface area contributed by atoms with Crippen molar-refractivity contribution in [3.8, 4) is 5.75 Å². The SMILES string of the molecule is COC(=O)[C@@H](Cc1ccccc1)NC(=O)COC(=O)COc1cccc(Cl)c1. The number of carbonyl (C=O) groups excluding carboxylic acids is 3. The van der Waals surface area contributed by atoms with Crippen LogP contribution in [-0.4, -0.2) is 44.2 Å². The summed E-state index contributed by atoms with van der Waals surface area (Å²) < 4.78 is 14.8. The molecule has 2 aromatic carbocycles. The van der Waals surface area contributed by atoms with Crippen molar-refractivity contribution in [1.29, 1.82) is 0 Å². The van der Waals surface area contributed by atoms with E-state index >= 15 is 0 Å². The lowest BCUT2D eigenvalue weighted by molar-refractivity contribution is -0.151. The van der Waals surface area contributed by atoms with Gasteiger partial charge in [-0.2, -0.15) is 0 Å². The number of hydrogen-bond donors (Lipinski definition) is 1. The number of amides is 1. The maximum absolute atomic E-state index is 12.0. The lowest BCUT2D eigenvalue weighted by Gasteiger charge is -2.16. The summed E-state index contributed by atoms with van der Waals surface area (Å²) in [6.07, 6.45) is 0.255. The van der Waals surface area contributed by atoms with Crippen LogP contribution in [0.5, 0.6) is 5.75 Å². The topological polar surface area (TPSA) is 90.9 Å². The number of hydrogen-bond acceptors (Lipinski definition) is 6. The van der Waals surface area contributed by atoms with Crippen LogP contribution < -0.4 is 10.1 Å². The van der Waals surface area contributed by atoms with Gasteiger partial charge in [-0.25, -0.2) is 9.59 Å². The molecular weight excluding hydrogens is 386 g/mol. The van der Waals surface area contributed by atoms with E-state index in [1.165, 1.54) is 7.11 Å². The van der Waals surface area contributed by atoms with Gasteiger partial charge in [0.15, 0.2) is 13.2 Å². The zero-order chi connectivity index (χ0) is 20.4.